The number of rotatable bonds is 3. The molecule has 1 saturated carbocycles. The number of hydrogen-bond acceptors (Lipinski definition) is 1. The van der Waals surface area contributed by atoms with E-state index in [2.05, 4.69) is 35.3 Å². The Balaban J connectivity index is 1.70. The van der Waals surface area contributed by atoms with Crippen LogP contribution in [0.4, 0.5) is 0 Å². The molecule has 0 radical (unpaired) electrons. The van der Waals surface area contributed by atoms with Crippen LogP contribution in [0.1, 0.15) is 50.5 Å². The maximum atomic E-state index is 6.10. The zero-order chi connectivity index (χ0) is 14.7. The van der Waals surface area contributed by atoms with Crippen LogP contribution in [0.5, 0.6) is 0 Å². The van der Waals surface area contributed by atoms with Crippen molar-refractivity contribution in [2.75, 3.05) is 0 Å². The molecule has 0 amide bonds. The predicted molar refractivity (Wildman–Crippen MR) is 90.9 cm³/mol. The van der Waals surface area contributed by atoms with Crippen LogP contribution in [0.15, 0.2) is 24.4 Å². The van der Waals surface area contributed by atoms with E-state index in [1.54, 1.807) is 0 Å². The molecule has 1 aliphatic carbocycles. The summed E-state index contributed by atoms with van der Waals surface area (Å²) in [6.07, 6.45) is 11.9. The van der Waals surface area contributed by atoms with Crippen LogP contribution < -0.4 is 5.32 Å². The molecule has 1 aromatic carbocycles. The van der Waals surface area contributed by atoms with Gasteiger partial charge in [0.05, 0.1) is 0 Å². The summed E-state index contributed by atoms with van der Waals surface area (Å²) in [5.74, 6) is 0. The molecule has 3 heteroatoms. The molecule has 0 unspecified atom stereocenters. The second-order valence-corrected chi connectivity index (χ2v) is 6.79. The first kappa shape index (κ1) is 14.9. The van der Waals surface area contributed by atoms with Crippen LogP contribution in [0.25, 0.3) is 10.9 Å². The molecule has 1 heterocycles. The topological polar surface area (TPSA) is 17.0 Å². The van der Waals surface area contributed by atoms with E-state index >= 15 is 0 Å². The minimum atomic E-state index is 0.688. The van der Waals surface area contributed by atoms with Crippen molar-refractivity contribution in [3.63, 3.8) is 0 Å². The Kier molecular flexibility index (Phi) is 4.87. The minimum absolute atomic E-state index is 0.688. The van der Waals surface area contributed by atoms with Gasteiger partial charge < -0.3 is 9.88 Å². The molecule has 2 nitrogen and oxygen atoms in total. The number of halogens is 1. The fraction of sp³-hybridized carbons (Fsp3) is 0.556. The standard InChI is InChI=1S/C18H25ClN2/c1-21-13-14(17-10-9-15(19)11-18(17)21)12-20-16-7-5-3-2-4-6-8-16/h9-11,13,16,20H,2-8,12H2,1H3. The Morgan fingerprint density at radius 3 is 2.62 bits per heavy atom. The Labute approximate surface area is 132 Å². The molecule has 21 heavy (non-hydrogen) atoms. The number of fused-ring (bicyclic) bond motifs is 1. The number of nitrogens with one attached hydrogen (secondary N) is 1. The maximum Gasteiger partial charge on any atom is 0.0495 e. The van der Waals surface area contributed by atoms with E-state index in [0.717, 1.165) is 11.6 Å². The summed E-state index contributed by atoms with van der Waals surface area (Å²) in [4.78, 5) is 0. The highest BCUT2D eigenvalue weighted by Crippen LogP contribution is 2.24. The molecule has 0 saturated heterocycles. The van der Waals surface area contributed by atoms with Crippen molar-refractivity contribution in [1.29, 1.82) is 0 Å². The lowest BCUT2D eigenvalue weighted by molar-refractivity contribution is 0.389. The summed E-state index contributed by atoms with van der Waals surface area (Å²) in [5, 5.41) is 5.91. The Morgan fingerprint density at radius 2 is 1.86 bits per heavy atom. The third kappa shape index (κ3) is 3.61. The van der Waals surface area contributed by atoms with E-state index in [-0.39, 0.29) is 0 Å². The summed E-state index contributed by atoms with van der Waals surface area (Å²) in [6.45, 7) is 0.962. The summed E-state index contributed by atoms with van der Waals surface area (Å²) in [7, 11) is 2.10. The van der Waals surface area contributed by atoms with E-state index in [1.165, 1.54) is 61.4 Å². The van der Waals surface area contributed by atoms with Crippen molar-refractivity contribution in [1.82, 2.24) is 9.88 Å². The lowest BCUT2D eigenvalue weighted by atomic mass is 9.96. The summed E-state index contributed by atoms with van der Waals surface area (Å²) in [6, 6.07) is 6.87. The predicted octanol–water partition coefficient (Wildman–Crippen LogP) is 5.03. The second kappa shape index (κ2) is 6.85. The van der Waals surface area contributed by atoms with Gasteiger partial charge in [-0.15, -0.1) is 0 Å². The minimum Gasteiger partial charge on any atom is -0.350 e. The molecular weight excluding hydrogens is 280 g/mol. The largest absolute Gasteiger partial charge is 0.350 e. The van der Waals surface area contributed by atoms with E-state index in [4.69, 9.17) is 11.6 Å². The third-order valence-electron chi connectivity index (χ3n) is 4.72. The molecule has 1 fully saturated rings. The fourth-order valence-electron chi connectivity index (χ4n) is 3.50. The van der Waals surface area contributed by atoms with Gasteiger partial charge in [-0.1, -0.05) is 49.8 Å². The molecule has 1 aliphatic rings. The SMILES string of the molecule is Cn1cc(CNC2CCCCCCC2)c2ccc(Cl)cc21. The number of benzene rings is 1. The van der Waals surface area contributed by atoms with Gasteiger partial charge in [-0.3, -0.25) is 0 Å². The second-order valence-electron chi connectivity index (χ2n) is 6.35. The highest BCUT2D eigenvalue weighted by atomic mass is 35.5. The number of aromatic nitrogens is 1. The quantitative estimate of drug-likeness (QED) is 0.841. The molecule has 1 aromatic heterocycles. The first-order valence-corrected chi connectivity index (χ1v) is 8.58. The molecule has 3 rings (SSSR count). The Hall–Kier alpha value is -0.990. The molecule has 1 N–H and O–H groups in total. The van der Waals surface area contributed by atoms with E-state index in [1.807, 2.05) is 6.07 Å². The van der Waals surface area contributed by atoms with Crippen LogP contribution in [0, 0.1) is 0 Å². The van der Waals surface area contributed by atoms with Crippen molar-refractivity contribution in [2.45, 2.75) is 57.5 Å². The highest BCUT2D eigenvalue weighted by molar-refractivity contribution is 6.31. The lowest BCUT2D eigenvalue weighted by Crippen LogP contribution is -2.29. The smallest absolute Gasteiger partial charge is 0.0495 e. The van der Waals surface area contributed by atoms with Crippen LogP contribution in [-0.2, 0) is 13.6 Å². The van der Waals surface area contributed by atoms with Gasteiger partial charge in [-0.05, 0) is 30.5 Å². The van der Waals surface area contributed by atoms with Gasteiger partial charge in [0.15, 0.2) is 0 Å². The fourth-order valence-corrected chi connectivity index (χ4v) is 3.66. The van der Waals surface area contributed by atoms with Crippen LogP contribution in [-0.4, -0.2) is 10.6 Å². The van der Waals surface area contributed by atoms with Crippen molar-refractivity contribution >= 4 is 22.5 Å². The number of hydrogen-bond donors (Lipinski definition) is 1. The van der Waals surface area contributed by atoms with Crippen molar-refractivity contribution < 1.29 is 0 Å². The van der Waals surface area contributed by atoms with Crippen LogP contribution in [0.3, 0.4) is 0 Å². The third-order valence-corrected chi connectivity index (χ3v) is 4.96. The van der Waals surface area contributed by atoms with Gasteiger partial charge in [0.25, 0.3) is 0 Å². The molecule has 0 bridgehead atoms. The first-order valence-electron chi connectivity index (χ1n) is 8.21. The molecule has 2 aromatic rings. The van der Waals surface area contributed by atoms with E-state index in [0.29, 0.717) is 6.04 Å². The lowest BCUT2D eigenvalue weighted by Gasteiger charge is -2.21. The van der Waals surface area contributed by atoms with E-state index in [9.17, 15) is 0 Å². The van der Waals surface area contributed by atoms with Crippen LogP contribution >= 0.6 is 11.6 Å². The first-order chi connectivity index (χ1) is 10.2. The summed E-state index contributed by atoms with van der Waals surface area (Å²) >= 11 is 6.10. The highest BCUT2D eigenvalue weighted by Gasteiger charge is 2.12. The average Bonchev–Trinajstić information content (AvgIpc) is 2.74. The molecule has 0 atom stereocenters. The average molecular weight is 305 g/mol. The van der Waals surface area contributed by atoms with Crippen molar-refractivity contribution in [2.24, 2.45) is 7.05 Å². The molecule has 0 aliphatic heterocycles. The normalized spacial score (nSPS) is 17.8. The molecule has 0 spiro atoms. The Morgan fingerprint density at radius 1 is 1.14 bits per heavy atom. The number of nitrogens with zero attached hydrogens (tertiary/aromatic N) is 1. The van der Waals surface area contributed by atoms with Gasteiger partial charge in [0.2, 0.25) is 0 Å². The monoisotopic (exact) mass is 304 g/mol. The maximum absolute atomic E-state index is 6.10. The van der Waals surface area contributed by atoms with Crippen molar-refractivity contribution in [3.05, 3.63) is 35.0 Å². The zero-order valence-corrected chi connectivity index (χ0v) is 13.6. The Bertz CT molecular complexity index is 595. The number of aryl methyl sites for hydroxylation is 1. The van der Waals surface area contributed by atoms with Crippen LogP contribution in [0.2, 0.25) is 5.02 Å². The van der Waals surface area contributed by atoms with E-state index < -0.39 is 0 Å². The zero-order valence-electron chi connectivity index (χ0n) is 12.9. The van der Waals surface area contributed by atoms with Gasteiger partial charge in [0.1, 0.15) is 0 Å². The van der Waals surface area contributed by atoms with Gasteiger partial charge in [-0.25, -0.2) is 0 Å². The van der Waals surface area contributed by atoms with Crippen molar-refractivity contribution in [3.8, 4) is 0 Å². The molecular formula is C18H25ClN2. The van der Waals surface area contributed by atoms with Gasteiger partial charge in [-0.2, -0.15) is 0 Å². The summed E-state index contributed by atoms with van der Waals surface area (Å²) < 4.78 is 2.18. The summed E-state index contributed by atoms with van der Waals surface area (Å²) in [5.41, 5.74) is 2.60. The molecule has 114 valence electrons. The van der Waals surface area contributed by atoms with Gasteiger partial charge in [0, 0.05) is 41.8 Å². The van der Waals surface area contributed by atoms with Gasteiger partial charge >= 0.3 is 0 Å².